The normalized spacial score (nSPS) is 27.3. The summed E-state index contributed by atoms with van der Waals surface area (Å²) in [5.74, 6) is 8.70. The minimum atomic E-state index is -0.807. The molecule has 316 valence electrons. The number of phenols is 1. The maximum absolute atomic E-state index is 12.2. The van der Waals surface area contributed by atoms with E-state index in [1.54, 1.807) is 7.11 Å². The SMILES string of the molecule is CCCCC[C@H](C)[C@@H]1C[C@H]([C@@H]2Cc3cc(O)c(CC(C)C)cc3-c3c(OC)cc4c(c32)C[C@@H](O)[C@H](c2ccc3c(c2)O[C@@H]2CCCC[C@@H]2CC#CO3)O4)C=C[C@@H]1CCO. The monoisotopic (exact) mass is 802 g/mol. The Morgan fingerprint density at radius 3 is 2.59 bits per heavy atom. The third-order valence-corrected chi connectivity index (χ3v) is 14.3. The molecule has 0 amide bonds. The Morgan fingerprint density at radius 1 is 0.949 bits per heavy atom. The van der Waals surface area contributed by atoms with E-state index in [0.29, 0.717) is 53.3 Å². The van der Waals surface area contributed by atoms with Gasteiger partial charge in [0.1, 0.15) is 35.6 Å². The second kappa shape index (κ2) is 18.2. The van der Waals surface area contributed by atoms with Crippen molar-refractivity contribution in [2.24, 2.45) is 35.5 Å². The van der Waals surface area contributed by atoms with Crippen molar-refractivity contribution in [3.05, 3.63) is 76.4 Å². The largest absolute Gasteiger partial charge is 0.508 e. The van der Waals surface area contributed by atoms with Gasteiger partial charge in [0, 0.05) is 42.6 Å². The number of methoxy groups -OCH3 is 1. The van der Waals surface area contributed by atoms with Gasteiger partial charge < -0.3 is 34.3 Å². The van der Waals surface area contributed by atoms with E-state index in [1.807, 2.05) is 30.3 Å². The molecule has 0 aromatic heterocycles. The van der Waals surface area contributed by atoms with Gasteiger partial charge in [0.15, 0.2) is 11.5 Å². The highest BCUT2D eigenvalue weighted by Gasteiger charge is 2.43. The summed E-state index contributed by atoms with van der Waals surface area (Å²) in [7, 11) is 1.74. The number of hydrogen-bond acceptors (Lipinski definition) is 7. The van der Waals surface area contributed by atoms with E-state index in [1.165, 1.54) is 37.7 Å². The molecular formula is C52H66O7. The maximum Gasteiger partial charge on any atom is 0.182 e. The molecule has 0 saturated heterocycles. The van der Waals surface area contributed by atoms with Crippen molar-refractivity contribution in [2.45, 2.75) is 142 Å². The van der Waals surface area contributed by atoms with E-state index >= 15 is 0 Å². The molecule has 3 N–H and O–H groups in total. The van der Waals surface area contributed by atoms with Crippen molar-refractivity contribution in [3.63, 3.8) is 0 Å². The predicted molar refractivity (Wildman–Crippen MR) is 233 cm³/mol. The predicted octanol–water partition coefficient (Wildman–Crippen LogP) is 11.0. The Hall–Kier alpha value is -4.12. The van der Waals surface area contributed by atoms with Crippen LogP contribution in [0.1, 0.15) is 138 Å². The van der Waals surface area contributed by atoms with Crippen molar-refractivity contribution in [2.75, 3.05) is 13.7 Å². The number of benzene rings is 3. The number of aliphatic hydroxyl groups excluding tert-OH is 2. The number of fused-ring (bicyclic) bond motifs is 7. The number of phenolic OH excluding ortho intramolecular Hbond substituents is 1. The molecule has 59 heavy (non-hydrogen) atoms. The van der Waals surface area contributed by atoms with Gasteiger partial charge in [0.25, 0.3) is 0 Å². The van der Waals surface area contributed by atoms with Crippen molar-refractivity contribution >= 4 is 0 Å². The number of aromatic hydroxyl groups is 1. The Labute approximate surface area is 352 Å². The first kappa shape index (κ1) is 41.6. The fourth-order valence-electron chi connectivity index (χ4n) is 11.3. The molecule has 7 heteroatoms. The van der Waals surface area contributed by atoms with Gasteiger partial charge in [0.2, 0.25) is 0 Å². The lowest BCUT2D eigenvalue weighted by atomic mass is 9.63. The third kappa shape index (κ3) is 8.60. The second-order valence-electron chi connectivity index (χ2n) is 18.8. The van der Waals surface area contributed by atoms with Gasteiger partial charge in [-0.25, -0.2) is 0 Å². The summed E-state index contributed by atoms with van der Waals surface area (Å²) in [6, 6.07) is 12.1. The van der Waals surface area contributed by atoms with Crippen LogP contribution in [0.3, 0.4) is 0 Å². The first-order chi connectivity index (χ1) is 28.7. The summed E-state index contributed by atoms with van der Waals surface area (Å²) in [6.07, 6.45) is 20.2. The van der Waals surface area contributed by atoms with Gasteiger partial charge in [-0.2, -0.15) is 0 Å². The molecule has 0 spiro atoms. The van der Waals surface area contributed by atoms with Crippen LogP contribution in [0, 0.1) is 47.5 Å². The lowest BCUT2D eigenvalue weighted by Crippen LogP contribution is -2.34. The summed E-state index contributed by atoms with van der Waals surface area (Å²) >= 11 is 0. The quantitative estimate of drug-likeness (QED) is 0.0953. The van der Waals surface area contributed by atoms with Crippen LogP contribution in [-0.2, 0) is 19.3 Å². The zero-order chi connectivity index (χ0) is 41.2. The lowest BCUT2D eigenvalue weighted by molar-refractivity contribution is 0.0197. The molecule has 0 unspecified atom stereocenters. The highest BCUT2D eigenvalue weighted by atomic mass is 16.5. The minimum absolute atomic E-state index is 0.0798. The number of allylic oxidation sites excluding steroid dienone is 2. The van der Waals surface area contributed by atoms with E-state index in [4.69, 9.17) is 18.9 Å². The highest BCUT2D eigenvalue weighted by molar-refractivity contribution is 5.83. The van der Waals surface area contributed by atoms with E-state index in [-0.39, 0.29) is 24.5 Å². The average Bonchev–Trinajstić information content (AvgIpc) is 3.32. The highest BCUT2D eigenvalue weighted by Crippen LogP contribution is 2.56. The van der Waals surface area contributed by atoms with Crippen LogP contribution in [0.15, 0.2) is 48.6 Å². The molecule has 3 aromatic rings. The summed E-state index contributed by atoms with van der Waals surface area (Å²) in [4.78, 5) is 0. The zero-order valence-electron chi connectivity index (χ0n) is 36.0. The molecule has 0 bridgehead atoms. The van der Waals surface area contributed by atoms with Crippen LogP contribution < -0.4 is 18.9 Å². The van der Waals surface area contributed by atoms with E-state index in [9.17, 15) is 15.3 Å². The smallest absolute Gasteiger partial charge is 0.182 e. The van der Waals surface area contributed by atoms with Crippen molar-refractivity contribution in [3.8, 4) is 51.9 Å². The van der Waals surface area contributed by atoms with E-state index in [2.05, 4.69) is 57.9 Å². The van der Waals surface area contributed by atoms with Crippen LogP contribution in [0.5, 0.6) is 28.7 Å². The molecule has 2 aliphatic heterocycles. The minimum Gasteiger partial charge on any atom is -0.508 e. The lowest BCUT2D eigenvalue weighted by Gasteiger charge is -2.43. The van der Waals surface area contributed by atoms with Crippen molar-refractivity contribution in [1.29, 1.82) is 0 Å². The summed E-state index contributed by atoms with van der Waals surface area (Å²) in [5.41, 5.74) is 7.30. The van der Waals surface area contributed by atoms with Gasteiger partial charge in [-0.3, -0.25) is 0 Å². The molecule has 3 aliphatic carbocycles. The van der Waals surface area contributed by atoms with Gasteiger partial charge in [0.05, 0.1) is 13.2 Å². The standard InChI is InChI=1S/C52H66O7/c1-6-7-8-12-32(4)39-24-35(17-16-33(39)20-21-53)40-25-37-27-43(54)38(23-31(2)3)26-41(37)51-49(56-5)30-47-42(50(40)51)29-44(55)52(59-47)36-18-19-46-48(28-36)58-45-15-10-9-13-34(45)14-11-22-57-46/h16-19,26-28,30-35,39-40,44-45,52-55H,6-10,12-15,20-21,23-25,29H2,1-5H3/t32-,33+,34+,35+,39-,40-,44+,45+,52-/m0/s1. The second-order valence-corrected chi connectivity index (χ2v) is 18.8. The number of rotatable bonds is 12. The van der Waals surface area contributed by atoms with Gasteiger partial charge in [-0.1, -0.05) is 83.9 Å². The summed E-state index contributed by atoms with van der Waals surface area (Å²) in [6.45, 7) is 9.23. The number of unbranched alkanes of at least 4 members (excludes halogenated alkanes) is 2. The molecule has 3 aromatic carbocycles. The molecule has 7 nitrogen and oxygen atoms in total. The molecule has 5 aliphatic rings. The Morgan fingerprint density at radius 2 is 1.80 bits per heavy atom. The van der Waals surface area contributed by atoms with Crippen LogP contribution in [0.2, 0.25) is 0 Å². The van der Waals surface area contributed by atoms with Crippen molar-refractivity contribution in [1.82, 2.24) is 0 Å². The fourth-order valence-corrected chi connectivity index (χ4v) is 11.3. The number of ether oxygens (including phenoxy) is 4. The number of aliphatic hydroxyl groups is 2. The molecule has 8 rings (SSSR count). The first-order valence-corrected chi connectivity index (χ1v) is 22.8. The zero-order valence-corrected chi connectivity index (χ0v) is 36.0. The average molecular weight is 803 g/mol. The molecule has 0 radical (unpaired) electrons. The third-order valence-electron chi connectivity index (χ3n) is 14.3. The molecular weight excluding hydrogens is 737 g/mol. The topological polar surface area (TPSA) is 97.6 Å². The van der Waals surface area contributed by atoms with Crippen LogP contribution in [-0.4, -0.2) is 41.2 Å². The molecule has 1 fully saturated rings. The van der Waals surface area contributed by atoms with Crippen LogP contribution >= 0.6 is 0 Å². The van der Waals surface area contributed by atoms with Gasteiger partial charge in [-0.05, 0) is 133 Å². The van der Waals surface area contributed by atoms with Crippen molar-refractivity contribution < 1.29 is 34.3 Å². The molecule has 2 heterocycles. The fraction of sp³-hybridized carbons (Fsp3) is 0.577. The van der Waals surface area contributed by atoms with Crippen LogP contribution in [0.4, 0.5) is 0 Å². The summed E-state index contributed by atoms with van der Waals surface area (Å²) in [5, 5.41) is 33.7. The Balaban J connectivity index is 1.20. The first-order valence-electron chi connectivity index (χ1n) is 22.8. The van der Waals surface area contributed by atoms with E-state index < -0.39 is 12.2 Å². The van der Waals surface area contributed by atoms with Gasteiger partial charge in [-0.15, -0.1) is 0 Å². The van der Waals surface area contributed by atoms with Crippen LogP contribution in [0.25, 0.3) is 11.1 Å². The molecule has 9 atom stereocenters. The van der Waals surface area contributed by atoms with E-state index in [0.717, 1.165) is 96.2 Å². The Kier molecular flexibility index (Phi) is 12.9. The maximum atomic E-state index is 12.2. The van der Waals surface area contributed by atoms with Gasteiger partial charge >= 0.3 is 0 Å². The molecule has 1 saturated carbocycles. The Bertz CT molecular complexity index is 2060. The summed E-state index contributed by atoms with van der Waals surface area (Å²) < 4.78 is 25.9. The number of hydrogen-bond donors (Lipinski definition) is 3.